The monoisotopic (exact) mass is 216 g/mol. The molecule has 1 atom stereocenters. The molecule has 1 unspecified atom stereocenters. The van der Waals surface area contributed by atoms with E-state index in [9.17, 15) is 9.59 Å². The van der Waals surface area contributed by atoms with E-state index in [0.717, 1.165) is 6.08 Å². The molecular weight excluding hydrogens is 204 g/mol. The first-order valence-electron chi connectivity index (χ1n) is 3.83. The number of carboxylic acids is 1. The van der Waals surface area contributed by atoms with Gasteiger partial charge in [-0.15, -0.1) is 0 Å². The lowest BCUT2D eigenvalue weighted by atomic mass is 10.4. The van der Waals surface area contributed by atoms with Crippen LogP contribution in [0.15, 0.2) is 24.8 Å². The molecule has 0 fully saturated rings. The van der Waals surface area contributed by atoms with Gasteiger partial charge in [-0.05, 0) is 6.26 Å². The Bertz CT molecular complexity index is 247. The van der Waals surface area contributed by atoms with Crippen molar-refractivity contribution >= 4 is 23.7 Å². The Hall–Kier alpha value is -1.23. The maximum Gasteiger partial charge on any atom is 0.345 e. The van der Waals surface area contributed by atoms with E-state index < -0.39 is 18.0 Å². The Morgan fingerprint density at radius 3 is 2.71 bits per heavy atom. The van der Waals surface area contributed by atoms with Gasteiger partial charge < -0.3 is 9.84 Å². The summed E-state index contributed by atoms with van der Waals surface area (Å²) in [6.45, 7) is 3.37. The highest BCUT2D eigenvalue weighted by Gasteiger charge is 2.19. The summed E-state index contributed by atoms with van der Waals surface area (Å²) in [5.41, 5.74) is 0. The van der Waals surface area contributed by atoms with Gasteiger partial charge >= 0.3 is 11.9 Å². The predicted molar refractivity (Wildman–Crippen MR) is 55.2 cm³/mol. The Morgan fingerprint density at radius 1 is 1.64 bits per heavy atom. The second-order valence-electron chi connectivity index (χ2n) is 2.31. The maximum atomic E-state index is 11.0. The second kappa shape index (κ2) is 7.20. The molecule has 5 heteroatoms. The SMILES string of the molecule is C=CC=CC(=O)OC(CSC)C(=O)O. The first-order chi connectivity index (χ1) is 6.61. The van der Waals surface area contributed by atoms with Gasteiger partial charge in [-0.1, -0.05) is 18.7 Å². The van der Waals surface area contributed by atoms with Crippen LogP contribution in [0.2, 0.25) is 0 Å². The summed E-state index contributed by atoms with van der Waals surface area (Å²) in [5, 5.41) is 8.64. The molecule has 4 nitrogen and oxygen atoms in total. The number of allylic oxidation sites excluding steroid dienone is 2. The number of esters is 1. The van der Waals surface area contributed by atoms with Crippen molar-refractivity contribution in [1.29, 1.82) is 0 Å². The number of carboxylic acid groups (broad SMARTS) is 1. The Labute approximate surface area is 86.6 Å². The predicted octanol–water partition coefficient (Wildman–Crippen LogP) is 1.09. The lowest BCUT2D eigenvalue weighted by Gasteiger charge is -2.10. The van der Waals surface area contributed by atoms with E-state index in [0.29, 0.717) is 0 Å². The van der Waals surface area contributed by atoms with Gasteiger partial charge in [-0.2, -0.15) is 11.8 Å². The summed E-state index contributed by atoms with van der Waals surface area (Å²) in [6.07, 6.45) is 4.57. The number of thioether (sulfide) groups is 1. The summed E-state index contributed by atoms with van der Waals surface area (Å²) in [6, 6.07) is 0. The molecule has 14 heavy (non-hydrogen) atoms. The minimum absolute atomic E-state index is 0.239. The number of hydrogen-bond donors (Lipinski definition) is 1. The molecule has 0 aromatic rings. The van der Waals surface area contributed by atoms with Crippen LogP contribution in [0.3, 0.4) is 0 Å². The van der Waals surface area contributed by atoms with Gasteiger partial charge in [-0.25, -0.2) is 9.59 Å². The molecule has 0 rings (SSSR count). The molecule has 0 aromatic carbocycles. The number of carbonyl (C=O) groups is 2. The first kappa shape index (κ1) is 12.8. The zero-order chi connectivity index (χ0) is 11.0. The third-order valence-corrected chi connectivity index (χ3v) is 1.86. The van der Waals surface area contributed by atoms with Gasteiger partial charge in [0.25, 0.3) is 0 Å². The number of hydrogen-bond acceptors (Lipinski definition) is 4. The smallest absolute Gasteiger partial charge is 0.345 e. The fourth-order valence-corrected chi connectivity index (χ4v) is 1.15. The van der Waals surface area contributed by atoms with Crippen LogP contribution >= 0.6 is 11.8 Å². The van der Waals surface area contributed by atoms with Gasteiger partial charge in [0, 0.05) is 11.8 Å². The molecule has 0 aliphatic heterocycles. The third kappa shape index (κ3) is 5.42. The standard InChI is InChI=1S/C9H12O4S/c1-3-4-5-8(10)13-7(6-14-2)9(11)12/h3-5,7H,1,6H2,2H3,(H,11,12). The van der Waals surface area contributed by atoms with Gasteiger partial charge in [0.05, 0.1) is 0 Å². The first-order valence-corrected chi connectivity index (χ1v) is 5.22. The average Bonchev–Trinajstić information content (AvgIpc) is 2.14. The number of rotatable bonds is 6. The maximum absolute atomic E-state index is 11.0. The number of carbonyl (C=O) groups excluding carboxylic acids is 1. The molecule has 0 saturated carbocycles. The highest BCUT2D eigenvalue weighted by atomic mass is 32.2. The number of aliphatic carboxylic acids is 1. The lowest BCUT2D eigenvalue weighted by Crippen LogP contribution is -2.28. The minimum atomic E-state index is -1.14. The van der Waals surface area contributed by atoms with E-state index in [2.05, 4.69) is 11.3 Å². The van der Waals surface area contributed by atoms with Crippen molar-refractivity contribution < 1.29 is 19.4 Å². The lowest BCUT2D eigenvalue weighted by molar-refractivity contribution is -0.158. The van der Waals surface area contributed by atoms with Crippen LogP contribution in [-0.2, 0) is 14.3 Å². The molecule has 1 N–H and O–H groups in total. The second-order valence-corrected chi connectivity index (χ2v) is 3.22. The summed E-state index contributed by atoms with van der Waals surface area (Å²) in [4.78, 5) is 21.5. The van der Waals surface area contributed by atoms with Gasteiger partial charge in [0.2, 0.25) is 6.10 Å². The van der Waals surface area contributed by atoms with Crippen molar-refractivity contribution in [3.63, 3.8) is 0 Å². The minimum Gasteiger partial charge on any atom is -0.478 e. The van der Waals surface area contributed by atoms with Crippen LogP contribution in [0.1, 0.15) is 0 Å². The Morgan fingerprint density at radius 2 is 2.29 bits per heavy atom. The zero-order valence-corrected chi connectivity index (χ0v) is 8.62. The highest BCUT2D eigenvalue weighted by Crippen LogP contribution is 2.03. The largest absolute Gasteiger partial charge is 0.478 e. The number of ether oxygens (including phenoxy) is 1. The molecule has 78 valence electrons. The van der Waals surface area contributed by atoms with Crippen LogP contribution in [-0.4, -0.2) is 35.2 Å². The van der Waals surface area contributed by atoms with Gasteiger partial charge in [-0.3, -0.25) is 0 Å². The van der Waals surface area contributed by atoms with Crippen LogP contribution in [0.4, 0.5) is 0 Å². The van der Waals surface area contributed by atoms with Crippen LogP contribution in [0, 0.1) is 0 Å². The zero-order valence-electron chi connectivity index (χ0n) is 7.80. The Balaban J connectivity index is 4.15. The molecule has 0 heterocycles. The molecule has 0 amide bonds. The molecule has 0 aliphatic rings. The van der Waals surface area contributed by atoms with Crippen molar-refractivity contribution in [2.24, 2.45) is 0 Å². The fraction of sp³-hybridized carbons (Fsp3) is 0.333. The molecule has 0 spiro atoms. The van der Waals surface area contributed by atoms with Crippen LogP contribution in [0.5, 0.6) is 0 Å². The molecule has 0 aromatic heterocycles. The normalized spacial score (nSPS) is 12.4. The topological polar surface area (TPSA) is 63.6 Å². The van der Waals surface area contributed by atoms with Crippen molar-refractivity contribution in [2.45, 2.75) is 6.10 Å². The van der Waals surface area contributed by atoms with E-state index in [4.69, 9.17) is 5.11 Å². The summed E-state index contributed by atoms with van der Waals surface area (Å²) in [7, 11) is 0. The molecular formula is C9H12O4S. The van der Waals surface area contributed by atoms with Crippen LogP contribution in [0.25, 0.3) is 0 Å². The molecule has 0 radical (unpaired) electrons. The summed E-state index contributed by atoms with van der Waals surface area (Å²) < 4.78 is 4.66. The van der Waals surface area contributed by atoms with E-state index in [1.165, 1.54) is 23.9 Å². The van der Waals surface area contributed by atoms with Crippen molar-refractivity contribution in [3.8, 4) is 0 Å². The van der Waals surface area contributed by atoms with Crippen molar-refractivity contribution in [1.82, 2.24) is 0 Å². The van der Waals surface area contributed by atoms with E-state index >= 15 is 0 Å². The van der Waals surface area contributed by atoms with Crippen LogP contribution < -0.4 is 0 Å². The van der Waals surface area contributed by atoms with Crippen molar-refractivity contribution in [2.75, 3.05) is 12.0 Å². The Kier molecular flexibility index (Phi) is 6.57. The van der Waals surface area contributed by atoms with Gasteiger partial charge in [0.15, 0.2) is 0 Å². The summed E-state index contributed by atoms with van der Waals surface area (Å²) in [5.74, 6) is -1.57. The van der Waals surface area contributed by atoms with Crippen molar-refractivity contribution in [3.05, 3.63) is 24.8 Å². The highest BCUT2D eigenvalue weighted by molar-refractivity contribution is 7.98. The third-order valence-electron chi connectivity index (χ3n) is 1.22. The molecule has 0 bridgehead atoms. The van der Waals surface area contributed by atoms with E-state index in [1.54, 1.807) is 6.26 Å². The van der Waals surface area contributed by atoms with E-state index in [1.807, 2.05) is 0 Å². The summed E-state index contributed by atoms with van der Waals surface area (Å²) >= 11 is 1.30. The fourth-order valence-electron chi connectivity index (χ4n) is 0.633. The van der Waals surface area contributed by atoms with Gasteiger partial charge in [0.1, 0.15) is 0 Å². The average molecular weight is 216 g/mol. The molecule has 0 saturated heterocycles. The molecule has 0 aliphatic carbocycles. The van der Waals surface area contributed by atoms with E-state index in [-0.39, 0.29) is 5.75 Å². The quantitative estimate of drug-likeness (QED) is 0.409.